The number of hydrogen-bond donors (Lipinski definition) is 1. The molecule has 6 rings (SSSR count). The number of aliphatic hydroxyl groups is 1. The summed E-state index contributed by atoms with van der Waals surface area (Å²) in [5, 5.41) is 11.6. The van der Waals surface area contributed by atoms with Gasteiger partial charge in [-0.15, -0.1) is 0 Å². The molecular formula is C43H43ClO7. The van der Waals surface area contributed by atoms with E-state index in [2.05, 4.69) is 0 Å². The normalized spacial score (nSPS) is 21.6. The lowest BCUT2D eigenvalue weighted by Crippen LogP contribution is -2.66. The van der Waals surface area contributed by atoms with Crippen molar-refractivity contribution in [3.8, 4) is 5.75 Å². The topological polar surface area (TPSA) is 83.5 Å². The van der Waals surface area contributed by atoms with E-state index in [4.69, 9.17) is 35.3 Å². The fraction of sp³-hybridized carbons (Fsp3) is 0.279. The molecule has 8 heteroatoms. The van der Waals surface area contributed by atoms with Gasteiger partial charge in [-0.2, -0.15) is 0 Å². The van der Waals surface area contributed by atoms with Crippen molar-refractivity contribution < 1.29 is 33.6 Å². The minimum atomic E-state index is -1.76. The van der Waals surface area contributed by atoms with Gasteiger partial charge >= 0.3 is 0 Å². The third kappa shape index (κ3) is 9.13. The Morgan fingerprint density at radius 3 is 1.78 bits per heavy atom. The number of rotatable bonds is 16. The Bertz CT molecular complexity index is 1800. The first-order valence-electron chi connectivity index (χ1n) is 17.2. The lowest BCUT2D eigenvalue weighted by atomic mass is 9.83. The lowest BCUT2D eigenvalue weighted by molar-refractivity contribution is -0.297. The van der Waals surface area contributed by atoms with Crippen LogP contribution in [0.3, 0.4) is 0 Å². The highest BCUT2D eigenvalue weighted by Crippen LogP contribution is 2.43. The van der Waals surface area contributed by atoms with Crippen LogP contribution >= 0.6 is 11.6 Å². The number of aldehydes is 1. The summed E-state index contributed by atoms with van der Waals surface area (Å²) in [7, 11) is 0. The smallest absolute Gasteiger partial charge is 0.175 e. The Morgan fingerprint density at radius 1 is 0.706 bits per heavy atom. The van der Waals surface area contributed by atoms with Crippen LogP contribution in [0.1, 0.15) is 46.4 Å². The van der Waals surface area contributed by atoms with Crippen LogP contribution in [0.25, 0.3) is 0 Å². The molecule has 0 aliphatic carbocycles. The maximum absolute atomic E-state index is 13.2. The Labute approximate surface area is 304 Å². The molecule has 1 saturated heterocycles. The molecule has 0 spiro atoms. The highest BCUT2D eigenvalue weighted by atomic mass is 35.5. The average Bonchev–Trinajstić information content (AvgIpc) is 3.18. The summed E-state index contributed by atoms with van der Waals surface area (Å²) in [6, 6.07) is 42.9. The van der Waals surface area contributed by atoms with E-state index in [0.29, 0.717) is 24.3 Å². The molecule has 0 bridgehead atoms. The molecule has 0 radical (unpaired) electrons. The molecule has 1 N–H and O–H groups in total. The van der Waals surface area contributed by atoms with E-state index in [1.165, 1.54) is 0 Å². The standard InChI is InChI=1S/C43H43ClO7/c1-2-47-37-21-18-31(19-22-37)24-36-25-35(20-23-38(36)44)39-40(48-26-32-12-6-3-7-13-32)41(49-27-33-14-8-4-9-15-33)42(43(29-45,30-46)51-39)50-28-34-16-10-5-11-17-34/h3-23,25,29,39-42,46H,2,24,26-28,30H2,1H3/t39-,40-,41+,42-,43-/m0/s1. The largest absolute Gasteiger partial charge is 0.494 e. The predicted octanol–water partition coefficient (Wildman–Crippen LogP) is 8.09. The number of carbonyl (C=O) groups is 1. The number of benzene rings is 5. The van der Waals surface area contributed by atoms with Crippen molar-refractivity contribution >= 4 is 17.9 Å². The van der Waals surface area contributed by atoms with Gasteiger partial charge in [0.1, 0.15) is 30.2 Å². The predicted molar refractivity (Wildman–Crippen MR) is 197 cm³/mol. The summed E-state index contributed by atoms with van der Waals surface area (Å²) >= 11 is 6.79. The highest BCUT2D eigenvalue weighted by Gasteiger charge is 2.57. The highest BCUT2D eigenvalue weighted by molar-refractivity contribution is 6.31. The van der Waals surface area contributed by atoms with Crippen LogP contribution in [0.2, 0.25) is 5.02 Å². The molecule has 0 saturated carbocycles. The molecule has 7 nitrogen and oxygen atoms in total. The molecule has 0 unspecified atom stereocenters. The first-order chi connectivity index (χ1) is 25.0. The van der Waals surface area contributed by atoms with Crippen LogP contribution in [-0.4, -0.2) is 48.5 Å². The number of aliphatic hydroxyl groups excluding tert-OH is 1. The van der Waals surface area contributed by atoms with E-state index in [0.717, 1.165) is 39.1 Å². The van der Waals surface area contributed by atoms with Gasteiger partial charge in [0.2, 0.25) is 0 Å². The monoisotopic (exact) mass is 706 g/mol. The third-order valence-corrected chi connectivity index (χ3v) is 9.43. The number of hydrogen-bond acceptors (Lipinski definition) is 7. The number of halogens is 1. The molecule has 264 valence electrons. The average molecular weight is 707 g/mol. The Kier molecular flexibility index (Phi) is 12.7. The van der Waals surface area contributed by atoms with Crippen LogP contribution in [0, 0.1) is 0 Å². The molecule has 1 fully saturated rings. The summed E-state index contributed by atoms with van der Waals surface area (Å²) in [5.41, 5.74) is 3.69. The lowest BCUT2D eigenvalue weighted by Gasteiger charge is -2.50. The third-order valence-electron chi connectivity index (χ3n) is 9.07. The van der Waals surface area contributed by atoms with E-state index in [1.807, 2.05) is 140 Å². The fourth-order valence-electron chi connectivity index (χ4n) is 6.40. The van der Waals surface area contributed by atoms with Gasteiger partial charge in [0.15, 0.2) is 11.9 Å². The van der Waals surface area contributed by atoms with Crippen LogP contribution in [0.15, 0.2) is 133 Å². The zero-order chi connectivity index (χ0) is 35.5. The summed E-state index contributed by atoms with van der Waals surface area (Å²) in [6.45, 7) is 2.55. The second kappa shape index (κ2) is 17.7. The number of ether oxygens (including phenoxy) is 5. The van der Waals surface area contributed by atoms with Gasteiger partial charge in [-0.3, -0.25) is 4.79 Å². The zero-order valence-electron chi connectivity index (χ0n) is 28.6. The van der Waals surface area contributed by atoms with Gasteiger partial charge in [0.25, 0.3) is 0 Å². The fourth-order valence-corrected chi connectivity index (χ4v) is 6.59. The molecule has 1 aliphatic heterocycles. The summed E-state index contributed by atoms with van der Waals surface area (Å²) in [5.74, 6) is 0.801. The maximum Gasteiger partial charge on any atom is 0.175 e. The molecule has 5 atom stereocenters. The van der Waals surface area contributed by atoms with Crippen LogP contribution in [0.5, 0.6) is 5.75 Å². The van der Waals surface area contributed by atoms with Crippen LogP contribution < -0.4 is 4.74 Å². The molecule has 5 aromatic rings. The summed E-state index contributed by atoms with van der Waals surface area (Å²) in [4.78, 5) is 13.2. The molecular weight excluding hydrogens is 664 g/mol. The molecule has 5 aromatic carbocycles. The molecule has 0 amide bonds. The second-order valence-corrected chi connectivity index (χ2v) is 13.0. The maximum atomic E-state index is 13.2. The minimum absolute atomic E-state index is 0.166. The minimum Gasteiger partial charge on any atom is -0.494 e. The van der Waals surface area contributed by atoms with E-state index < -0.39 is 36.6 Å². The van der Waals surface area contributed by atoms with E-state index in [9.17, 15) is 9.90 Å². The van der Waals surface area contributed by atoms with Crippen molar-refractivity contribution in [2.45, 2.75) is 63.2 Å². The first kappa shape index (κ1) is 36.5. The van der Waals surface area contributed by atoms with Gasteiger partial charge in [-0.25, -0.2) is 0 Å². The van der Waals surface area contributed by atoms with E-state index >= 15 is 0 Å². The van der Waals surface area contributed by atoms with Crippen molar-refractivity contribution in [3.05, 3.63) is 172 Å². The van der Waals surface area contributed by atoms with Crippen molar-refractivity contribution in [2.75, 3.05) is 13.2 Å². The first-order valence-corrected chi connectivity index (χ1v) is 17.6. The van der Waals surface area contributed by atoms with Gasteiger partial charge in [0, 0.05) is 5.02 Å². The SMILES string of the molecule is CCOc1ccc(Cc2cc([C@@H]3O[C@@](C=O)(CO)[C@@H](OCc4ccccc4)[C@H](OCc4ccccc4)[C@H]3OCc3ccccc3)ccc2Cl)cc1. The van der Waals surface area contributed by atoms with Crippen molar-refractivity contribution in [1.29, 1.82) is 0 Å². The number of carbonyl (C=O) groups excluding carboxylic acids is 1. The molecule has 1 aliphatic rings. The van der Waals surface area contributed by atoms with Gasteiger partial charge in [-0.05, 0) is 64.9 Å². The van der Waals surface area contributed by atoms with Crippen LogP contribution in [-0.2, 0) is 50.0 Å². The van der Waals surface area contributed by atoms with E-state index in [-0.39, 0.29) is 19.8 Å². The molecule has 51 heavy (non-hydrogen) atoms. The van der Waals surface area contributed by atoms with Gasteiger partial charge in [-0.1, -0.05) is 127 Å². The Hall–Kier alpha value is -4.34. The molecule has 0 aromatic heterocycles. The van der Waals surface area contributed by atoms with Crippen LogP contribution in [0.4, 0.5) is 0 Å². The van der Waals surface area contributed by atoms with Crippen molar-refractivity contribution in [3.63, 3.8) is 0 Å². The molecule has 1 heterocycles. The van der Waals surface area contributed by atoms with Crippen molar-refractivity contribution in [1.82, 2.24) is 0 Å². The van der Waals surface area contributed by atoms with E-state index in [1.54, 1.807) is 0 Å². The Balaban J connectivity index is 1.39. The van der Waals surface area contributed by atoms with Crippen molar-refractivity contribution in [2.24, 2.45) is 0 Å². The Morgan fingerprint density at radius 2 is 1.25 bits per heavy atom. The summed E-state index contributed by atoms with van der Waals surface area (Å²) in [6.07, 6.45) is -2.25. The second-order valence-electron chi connectivity index (χ2n) is 12.6. The zero-order valence-corrected chi connectivity index (χ0v) is 29.4. The van der Waals surface area contributed by atoms with Gasteiger partial charge < -0.3 is 28.8 Å². The van der Waals surface area contributed by atoms with Gasteiger partial charge in [0.05, 0.1) is 33.0 Å². The summed E-state index contributed by atoms with van der Waals surface area (Å²) < 4.78 is 32.4. The quantitative estimate of drug-likeness (QED) is 0.104.